The zero-order chi connectivity index (χ0) is 12.7. The normalized spacial score (nSPS) is 11.9. The van der Waals surface area contributed by atoms with Crippen LogP contribution in [0, 0.1) is 5.21 Å². The van der Waals surface area contributed by atoms with Crippen LogP contribution in [0.2, 0.25) is 0 Å². The molecule has 17 heavy (non-hydrogen) atoms. The maximum absolute atomic E-state index is 11.7. The summed E-state index contributed by atoms with van der Waals surface area (Å²) in [6.07, 6.45) is 3.34. The fourth-order valence-corrected chi connectivity index (χ4v) is 1.33. The van der Waals surface area contributed by atoms with E-state index in [-0.39, 0.29) is 18.9 Å². The second-order valence-electron chi connectivity index (χ2n) is 3.48. The van der Waals surface area contributed by atoms with Crippen molar-refractivity contribution in [3.63, 3.8) is 0 Å². The SMILES string of the molecule is CCOC(=O)CC/[N+]([O-])=C(/C)c1ccncc1. The van der Waals surface area contributed by atoms with E-state index in [1.165, 1.54) is 0 Å². The number of nitrogens with zero attached hydrogens (tertiary/aromatic N) is 2. The molecule has 0 radical (unpaired) electrons. The highest BCUT2D eigenvalue weighted by Gasteiger charge is 2.09. The molecule has 0 unspecified atom stereocenters. The minimum absolute atomic E-state index is 0.0970. The number of hydroxylamine groups is 1. The van der Waals surface area contributed by atoms with Crippen molar-refractivity contribution < 1.29 is 14.3 Å². The van der Waals surface area contributed by atoms with Crippen molar-refractivity contribution in [3.05, 3.63) is 35.3 Å². The van der Waals surface area contributed by atoms with Crippen LogP contribution in [0.3, 0.4) is 0 Å². The van der Waals surface area contributed by atoms with Crippen molar-refractivity contribution in [2.24, 2.45) is 0 Å². The van der Waals surface area contributed by atoms with Crippen molar-refractivity contribution in [2.45, 2.75) is 20.3 Å². The minimum Gasteiger partial charge on any atom is -0.624 e. The van der Waals surface area contributed by atoms with Crippen molar-refractivity contribution in [1.29, 1.82) is 0 Å². The first kappa shape index (κ1) is 13.2. The van der Waals surface area contributed by atoms with E-state index in [0.29, 0.717) is 12.3 Å². The highest BCUT2D eigenvalue weighted by molar-refractivity contribution is 5.94. The summed E-state index contributed by atoms with van der Waals surface area (Å²) in [4.78, 5) is 15.0. The third kappa shape index (κ3) is 4.22. The Bertz CT molecular complexity index is 401. The summed E-state index contributed by atoms with van der Waals surface area (Å²) in [6.45, 7) is 3.90. The Labute approximate surface area is 100 Å². The van der Waals surface area contributed by atoms with Crippen LogP contribution in [0.4, 0.5) is 0 Å². The number of ether oxygens (including phenoxy) is 1. The number of carbonyl (C=O) groups is 1. The predicted octanol–water partition coefficient (Wildman–Crippen LogP) is 1.35. The third-order valence-corrected chi connectivity index (χ3v) is 2.30. The van der Waals surface area contributed by atoms with Crippen LogP contribution >= 0.6 is 0 Å². The van der Waals surface area contributed by atoms with Crippen LogP contribution in [0.1, 0.15) is 25.8 Å². The van der Waals surface area contributed by atoms with Gasteiger partial charge in [-0.1, -0.05) is 0 Å². The van der Waals surface area contributed by atoms with E-state index in [1.807, 2.05) is 0 Å². The van der Waals surface area contributed by atoms with E-state index < -0.39 is 0 Å². The number of rotatable bonds is 5. The van der Waals surface area contributed by atoms with Gasteiger partial charge < -0.3 is 9.94 Å². The zero-order valence-corrected chi connectivity index (χ0v) is 10.0. The largest absolute Gasteiger partial charge is 0.624 e. The Morgan fingerprint density at radius 2 is 2.12 bits per heavy atom. The molecule has 1 heterocycles. The average Bonchev–Trinajstić information content (AvgIpc) is 2.36. The van der Waals surface area contributed by atoms with Crippen LogP contribution in [0.25, 0.3) is 0 Å². The van der Waals surface area contributed by atoms with Crippen molar-refractivity contribution >= 4 is 11.7 Å². The molecule has 0 aliphatic heterocycles. The van der Waals surface area contributed by atoms with E-state index in [9.17, 15) is 10.0 Å². The van der Waals surface area contributed by atoms with Crippen LogP contribution in [-0.4, -0.2) is 34.6 Å². The Kier molecular flexibility index (Phi) is 5.13. The molecule has 0 saturated heterocycles. The third-order valence-electron chi connectivity index (χ3n) is 2.30. The molecule has 1 aromatic heterocycles. The molecule has 92 valence electrons. The second kappa shape index (κ2) is 6.62. The van der Waals surface area contributed by atoms with Gasteiger partial charge in [-0.05, 0) is 19.1 Å². The minimum atomic E-state index is -0.351. The lowest BCUT2D eigenvalue weighted by Gasteiger charge is -2.08. The van der Waals surface area contributed by atoms with Gasteiger partial charge in [0, 0.05) is 24.9 Å². The van der Waals surface area contributed by atoms with Gasteiger partial charge >= 0.3 is 5.97 Å². The number of esters is 1. The smallest absolute Gasteiger partial charge is 0.312 e. The highest BCUT2D eigenvalue weighted by Crippen LogP contribution is 1.99. The van der Waals surface area contributed by atoms with Gasteiger partial charge in [-0.2, -0.15) is 0 Å². The van der Waals surface area contributed by atoms with Gasteiger partial charge in [0.2, 0.25) is 0 Å². The Hall–Kier alpha value is -1.91. The molecular formula is C12H16N2O3. The van der Waals surface area contributed by atoms with Crippen LogP contribution in [0.5, 0.6) is 0 Å². The van der Waals surface area contributed by atoms with E-state index in [4.69, 9.17) is 4.74 Å². The van der Waals surface area contributed by atoms with Crippen LogP contribution in [0.15, 0.2) is 24.5 Å². The monoisotopic (exact) mass is 236 g/mol. The Balaban J connectivity index is 2.62. The zero-order valence-electron chi connectivity index (χ0n) is 10.0. The first-order valence-corrected chi connectivity index (χ1v) is 5.49. The standard InChI is InChI=1S/C12H16N2O3/c1-3-17-12(15)6-9-14(16)10(2)11-4-7-13-8-5-11/h4-5,7-8H,3,6,9H2,1-2H3/b14-10+. The summed E-state index contributed by atoms with van der Waals surface area (Å²) < 4.78 is 5.55. The summed E-state index contributed by atoms with van der Waals surface area (Å²) in [5.41, 5.74) is 1.37. The molecule has 5 nitrogen and oxygen atoms in total. The molecule has 0 bridgehead atoms. The van der Waals surface area contributed by atoms with E-state index >= 15 is 0 Å². The van der Waals surface area contributed by atoms with Gasteiger partial charge in [0.05, 0.1) is 6.61 Å². The van der Waals surface area contributed by atoms with Gasteiger partial charge in [0.1, 0.15) is 6.42 Å². The van der Waals surface area contributed by atoms with Gasteiger partial charge in [-0.25, -0.2) is 4.74 Å². The molecule has 0 atom stereocenters. The van der Waals surface area contributed by atoms with E-state index in [0.717, 1.165) is 10.3 Å². The van der Waals surface area contributed by atoms with Gasteiger partial charge in [0.15, 0.2) is 12.3 Å². The van der Waals surface area contributed by atoms with Crippen molar-refractivity contribution in [1.82, 2.24) is 4.98 Å². The second-order valence-corrected chi connectivity index (χ2v) is 3.48. The van der Waals surface area contributed by atoms with Gasteiger partial charge in [-0.15, -0.1) is 0 Å². The molecule has 0 amide bonds. The summed E-state index contributed by atoms with van der Waals surface area (Å²) >= 11 is 0. The molecule has 1 aromatic rings. The molecular weight excluding hydrogens is 220 g/mol. The number of aromatic nitrogens is 1. The first-order valence-electron chi connectivity index (χ1n) is 5.49. The molecule has 0 fully saturated rings. The Morgan fingerprint density at radius 3 is 2.71 bits per heavy atom. The molecule has 0 aliphatic carbocycles. The van der Waals surface area contributed by atoms with Gasteiger partial charge in [-0.3, -0.25) is 9.78 Å². The summed E-state index contributed by atoms with van der Waals surface area (Å²) in [6, 6.07) is 3.51. The topological polar surface area (TPSA) is 65.3 Å². The van der Waals surface area contributed by atoms with Gasteiger partial charge in [0.25, 0.3) is 0 Å². The molecule has 0 saturated carbocycles. The number of hydrogen-bond donors (Lipinski definition) is 0. The number of carbonyl (C=O) groups excluding carboxylic acids is 1. The maximum Gasteiger partial charge on any atom is 0.312 e. The van der Waals surface area contributed by atoms with E-state index in [2.05, 4.69) is 4.98 Å². The van der Waals surface area contributed by atoms with Crippen LogP contribution in [-0.2, 0) is 9.53 Å². The fourth-order valence-electron chi connectivity index (χ4n) is 1.33. The van der Waals surface area contributed by atoms with E-state index in [1.54, 1.807) is 38.4 Å². The highest BCUT2D eigenvalue weighted by atomic mass is 16.5. The fraction of sp³-hybridized carbons (Fsp3) is 0.417. The summed E-state index contributed by atoms with van der Waals surface area (Å²) in [7, 11) is 0. The Morgan fingerprint density at radius 1 is 1.47 bits per heavy atom. The lowest BCUT2D eigenvalue weighted by Crippen LogP contribution is -2.18. The number of hydrogen-bond acceptors (Lipinski definition) is 4. The van der Waals surface area contributed by atoms with Crippen LogP contribution < -0.4 is 0 Å². The molecule has 5 heteroatoms. The predicted molar refractivity (Wildman–Crippen MR) is 63.8 cm³/mol. The number of pyridine rings is 1. The molecule has 0 aliphatic rings. The molecule has 0 aromatic carbocycles. The molecule has 0 N–H and O–H groups in total. The lowest BCUT2D eigenvalue weighted by molar-refractivity contribution is -0.456. The summed E-state index contributed by atoms with van der Waals surface area (Å²) in [5.74, 6) is -0.351. The van der Waals surface area contributed by atoms with Crippen molar-refractivity contribution in [2.75, 3.05) is 13.2 Å². The maximum atomic E-state index is 11.7. The quantitative estimate of drug-likeness (QED) is 0.254. The summed E-state index contributed by atoms with van der Waals surface area (Å²) in [5, 5.41) is 11.7. The molecule has 1 rings (SSSR count). The molecule has 0 spiro atoms. The lowest BCUT2D eigenvalue weighted by atomic mass is 10.2. The van der Waals surface area contributed by atoms with Crippen molar-refractivity contribution in [3.8, 4) is 0 Å². The average molecular weight is 236 g/mol. The first-order chi connectivity index (χ1) is 8.15.